The molecule has 5 nitrogen and oxygen atoms in total. The van der Waals surface area contributed by atoms with E-state index in [4.69, 9.17) is 0 Å². The molecule has 28 heavy (non-hydrogen) atoms. The molecule has 1 amide bonds. The minimum atomic E-state index is -4.40. The Kier molecular flexibility index (Phi) is 5.30. The number of hydrogen-bond donors (Lipinski definition) is 1. The second-order valence-corrected chi connectivity index (χ2v) is 6.18. The number of likely N-dealkylation sites (N-methyl/N-ethyl adjacent to an activating group) is 1. The van der Waals surface area contributed by atoms with Crippen LogP contribution in [0.5, 0.6) is 0 Å². The van der Waals surface area contributed by atoms with E-state index < -0.39 is 11.7 Å². The number of H-pyrrole nitrogens is 1. The molecule has 0 atom stereocenters. The quantitative estimate of drug-likeness (QED) is 0.696. The van der Waals surface area contributed by atoms with Gasteiger partial charge in [0.2, 0.25) is 5.91 Å². The molecule has 0 aliphatic rings. The number of nitrogens with zero attached hydrogens (tertiary/aromatic N) is 2. The first-order valence-corrected chi connectivity index (χ1v) is 8.32. The van der Waals surface area contributed by atoms with E-state index in [1.54, 1.807) is 24.3 Å². The van der Waals surface area contributed by atoms with Gasteiger partial charge in [-0.05, 0) is 35.9 Å². The number of hydrogen-bond acceptors (Lipinski definition) is 3. The Balaban J connectivity index is 1.69. The SMILES string of the molecule is CN(Cc1nc2ccccc2c(=O)[nH]1)C(=O)C=Cc1ccc(C(F)(F)F)cc1. The highest BCUT2D eigenvalue weighted by molar-refractivity contribution is 5.91. The van der Waals surface area contributed by atoms with Gasteiger partial charge in [-0.2, -0.15) is 13.2 Å². The van der Waals surface area contributed by atoms with Crippen molar-refractivity contribution in [1.29, 1.82) is 0 Å². The summed E-state index contributed by atoms with van der Waals surface area (Å²) in [6.07, 6.45) is -1.72. The summed E-state index contributed by atoms with van der Waals surface area (Å²) in [7, 11) is 1.54. The average Bonchev–Trinajstić information content (AvgIpc) is 2.65. The molecule has 1 heterocycles. The fourth-order valence-electron chi connectivity index (χ4n) is 2.59. The molecule has 8 heteroatoms. The summed E-state index contributed by atoms with van der Waals surface area (Å²) in [5, 5.41) is 0.461. The molecule has 2 aromatic carbocycles. The molecule has 0 bridgehead atoms. The van der Waals surface area contributed by atoms with Gasteiger partial charge >= 0.3 is 6.18 Å². The number of nitrogens with one attached hydrogen (secondary N) is 1. The molecule has 0 unspecified atom stereocenters. The van der Waals surface area contributed by atoms with E-state index in [2.05, 4.69) is 9.97 Å². The van der Waals surface area contributed by atoms with Gasteiger partial charge in [-0.1, -0.05) is 24.3 Å². The number of carbonyl (C=O) groups excluding carboxylic acids is 1. The molecule has 0 fully saturated rings. The summed E-state index contributed by atoms with van der Waals surface area (Å²) >= 11 is 0. The maximum absolute atomic E-state index is 12.6. The molecule has 0 radical (unpaired) electrons. The first kappa shape index (κ1) is 19.3. The van der Waals surface area contributed by atoms with E-state index in [9.17, 15) is 22.8 Å². The summed E-state index contributed by atoms with van der Waals surface area (Å²) in [5.74, 6) is -0.0433. The van der Waals surface area contributed by atoms with Crippen LogP contribution in [0.1, 0.15) is 17.0 Å². The van der Waals surface area contributed by atoms with Crippen LogP contribution >= 0.6 is 0 Å². The lowest BCUT2D eigenvalue weighted by Gasteiger charge is -2.14. The van der Waals surface area contributed by atoms with E-state index >= 15 is 0 Å². The molecule has 3 aromatic rings. The summed E-state index contributed by atoms with van der Waals surface area (Å²) in [4.78, 5) is 32.6. The molecule has 1 N–H and O–H groups in total. The number of amides is 1. The largest absolute Gasteiger partial charge is 0.416 e. The van der Waals surface area contributed by atoms with Crippen molar-refractivity contribution in [3.63, 3.8) is 0 Å². The fraction of sp³-hybridized carbons (Fsp3) is 0.150. The van der Waals surface area contributed by atoms with Crippen LogP contribution in [0.15, 0.2) is 59.4 Å². The van der Waals surface area contributed by atoms with Crippen molar-refractivity contribution >= 4 is 22.9 Å². The normalized spacial score (nSPS) is 11.9. The van der Waals surface area contributed by atoms with Gasteiger partial charge < -0.3 is 9.88 Å². The van der Waals surface area contributed by atoms with Crippen molar-refractivity contribution in [2.75, 3.05) is 7.05 Å². The van der Waals surface area contributed by atoms with E-state index in [0.717, 1.165) is 12.1 Å². The Morgan fingerprint density at radius 3 is 2.50 bits per heavy atom. The zero-order valence-electron chi connectivity index (χ0n) is 14.8. The summed E-state index contributed by atoms with van der Waals surface area (Å²) in [5.41, 5.74) is -0.0458. The maximum atomic E-state index is 12.6. The van der Waals surface area contributed by atoms with Crippen LogP contribution in [0, 0.1) is 0 Å². The number of benzene rings is 2. The molecule has 0 saturated carbocycles. The second-order valence-electron chi connectivity index (χ2n) is 6.18. The Morgan fingerprint density at radius 2 is 1.82 bits per heavy atom. The molecule has 0 saturated heterocycles. The zero-order chi connectivity index (χ0) is 20.3. The smallest absolute Gasteiger partial charge is 0.335 e. The third-order valence-corrected chi connectivity index (χ3v) is 4.08. The lowest BCUT2D eigenvalue weighted by Crippen LogP contribution is -2.26. The van der Waals surface area contributed by atoms with Crippen LogP contribution in [0.25, 0.3) is 17.0 Å². The number of aromatic amines is 1. The average molecular weight is 387 g/mol. The molecular formula is C20H16F3N3O2. The Hall–Kier alpha value is -3.42. The molecule has 3 rings (SSSR count). The first-order chi connectivity index (χ1) is 13.2. The summed E-state index contributed by atoms with van der Waals surface area (Å²) in [6, 6.07) is 11.4. The number of carbonyl (C=O) groups is 1. The molecule has 144 valence electrons. The molecule has 1 aromatic heterocycles. The molecule has 0 aliphatic carbocycles. The van der Waals surface area contributed by atoms with Crippen molar-refractivity contribution in [2.24, 2.45) is 0 Å². The number of halogens is 3. The van der Waals surface area contributed by atoms with Gasteiger partial charge in [0, 0.05) is 13.1 Å². The lowest BCUT2D eigenvalue weighted by atomic mass is 10.1. The highest BCUT2D eigenvalue weighted by atomic mass is 19.4. The van der Waals surface area contributed by atoms with Crippen molar-refractivity contribution in [3.8, 4) is 0 Å². The zero-order valence-corrected chi connectivity index (χ0v) is 14.8. The Labute approximate surface area is 158 Å². The molecule has 0 aliphatic heterocycles. The van der Waals surface area contributed by atoms with Gasteiger partial charge in [0.25, 0.3) is 5.56 Å². The van der Waals surface area contributed by atoms with Gasteiger partial charge in [0.1, 0.15) is 5.82 Å². The lowest BCUT2D eigenvalue weighted by molar-refractivity contribution is -0.137. The van der Waals surface area contributed by atoms with E-state index in [1.165, 1.54) is 36.2 Å². The number of fused-ring (bicyclic) bond motifs is 1. The van der Waals surface area contributed by atoms with Crippen LogP contribution in [0.2, 0.25) is 0 Å². The number of aromatic nitrogens is 2. The number of rotatable bonds is 4. The van der Waals surface area contributed by atoms with Crippen molar-refractivity contribution in [3.05, 3.63) is 81.9 Å². The Morgan fingerprint density at radius 1 is 1.14 bits per heavy atom. The van der Waals surface area contributed by atoms with Crippen LogP contribution < -0.4 is 5.56 Å². The minimum Gasteiger partial charge on any atom is -0.335 e. The predicted octanol–water partition coefficient (Wildman–Crippen LogP) is 3.61. The van der Waals surface area contributed by atoms with Crippen LogP contribution in [-0.4, -0.2) is 27.8 Å². The van der Waals surface area contributed by atoms with Gasteiger partial charge in [0.15, 0.2) is 0 Å². The molecular weight excluding hydrogens is 371 g/mol. The van der Waals surface area contributed by atoms with E-state index in [1.807, 2.05) is 0 Å². The van der Waals surface area contributed by atoms with Crippen LogP contribution in [0.4, 0.5) is 13.2 Å². The Bertz CT molecular complexity index is 1090. The van der Waals surface area contributed by atoms with Crippen molar-refractivity contribution < 1.29 is 18.0 Å². The van der Waals surface area contributed by atoms with Gasteiger partial charge in [0.05, 0.1) is 23.0 Å². The minimum absolute atomic E-state index is 0.0796. The topological polar surface area (TPSA) is 66.1 Å². The van der Waals surface area contributed by atoms with Crippen molar-refractivity contribution in [2.45, 2.75) is 12.7 Å². The van der Waals surface area contributed by atoms with Crippen molar-refractivity contribution in [1.82, 2.24) is 14.9 Å². The monoisotopic (exact) mass is 387 g/mol. The fourth-order valence-corrected chi connectivity index (χ4v) is 2.59. The third-order valence-electron chi connectivity index (χ3n) is 4.08. The van der Waals surface area contributed by atoms with Gasteiger partial charge in [-0.3, -0.25) is 9.59 Å². The second kappa shape index (κ2) is 7.67. The third kappa shape index (κ3) is 4.46. The number of para-hydroxylation sites is 1. The number of alkyl halides is 3. The van der Waals surface area contributed by atoms with Crippen LogP contribution in [0.3, 0.4) is 0 Å². The predicted molar refractivity (Wildman–Crippen MR) is 99.3 cm³/mol. The van der Waals surface area contributed by atoms with Gasteiger partial charge in [-0.25, -0.2) is 4.98 Å². The highest BCUT2D eigenvalue weighted by Gasteiger charge is 2.29. The maximum Gasteiger partial charge on any atom is 0.416 e. The van der Waals surface area contributed by atoms with Gasteiger partial charge in [-0.15, -0.1) is 0 Å². The first-order valence-electron chi connectivity index (χ1n) is 8.32. The summed E-state index contributed by atoms with van der Waals surface area (Å²) in [6.45, 7) is 0.0796. The standard InChI is InChI=1S/C20H16F3N3O2/c1-26(12-17-24-16-5-3-2-4-15(16)19(28)25-17)18(27)11-8-13-6-9-14(10-7-13)20(21,22)23/h2-11H,12H2,1H3,(H,24,25,28). The highest BCUT2D eigenvalue weighted by Crippen LogP contribution is 2.29. The summed E-state index contributed by atoms with van der Waals surface area (Å²) < 4.78 is 37.7. The van der Waals surface area contributed by atoms with E-state index in [0.29, 0.717) is 22.3 Å². The van der Waals surface area contributed by atoms with Crippen LogP contribution in [-0.2, 0) is 17.5 Å². The molecule has 0 spiro atoms. The van der Waals surface area contributed by atoms with E-state index in [-0.39, 0.29) is 18.0 Å².